The first-order valence-corrected chi connectivity index (χ1v) is 8.39. The summed E-state index contributed by atoms with van der Waals surface area (Å²) in [5, 5.41) is 8.91. The van der Waals surface area contributed by atoms with E-state index in [0.29, 0.717) is 18.9 Å². The molecule has 6 heteroatoms. The SMILES string of the molecule is CC(C)CCCOC(=O)/C(=C/C(=O)O)CCCN1CCOCC1. The number of aliphatic carboxylic acids is 1. The lowest BCUT2D eigenvalue weighted by molar-refractivity contribution is -0.140. The van der Waals surface area contributed by atoms with Crippen LogP contribution in [-0.2, 0) is 19.1 Å². The molecule has 1 aliphatic rings. The van der Waals surface area contributed by atoms with E-state index >= 15 is 0 Å². The molecule has 1 N–H and O–H groups in total. The fourth-order valence-electron chi connectivity index (χ4n) is 2.45. The molecule has 0 atom stereocenters. The zero-order chi connectivity index (χ0) is 17.1. The van der Waals surface area contributed by atoms with Crippen LogP contribution in [0.1, 0.15) is 39.5 Å². The molecule has 0 amide bonds. The van der Waals surface area contributed by atoms with Crippen molar-refractivity contribution in [2.45, 2.75) is 39.5 Å². The van der Waals surface area contributed by atoms with Crippen LogP contribution in [0.3, 0.4) is 0 Å². The highest BCUT2D eigenvalue weighted by Gasteiger charge is 2.15. The summed E-state index contributed by atoms with van der Waals surface area (Å²) in [6, 6.07) is 0. The molecule has 0 unspecified atom stereocenters. The van der Waals surface area contributed by atoms with Crippen LogP contribution in [0.4, 0.5) is 0 Å². The third-order valence-electron chi connectivity index (χ3n) is 3.74. The lowest BCUT2D eigenvalue weighted by Gasteiger charge is -2.26. The summed E-state index contributed by atoms with van der Waals surface area (Å²) in [7, 11) is 0. The molecule has 0 aromatic carbocycles. The quantitative estimate of drug-likeness (QED) is 0.376. The Hall–Kier alpha value is -1.40. The minimum absolute atomic E-state index is 0.246. The van der Waals surface area contributed by atoms with Crippen molar-refractivity contribution in [1.29, 1.82) is 0 Å². The molecule has 1 heterocycles. The van der Waals surface area contributed by atoms with Gasteiger partial charge in [-0.25, -0.2) is 9.59 Å². The Labute approximate surface area is 138 Å². The predicted octanol–water partition coefficient (Wildman–Crippen LogP) is 2.09. The van der Waals surface area contributed by atoms with Crippen molar-refractivity contribution < 1.29 is 24.2 Å². The van der Waals surface area contributed by atoms with Gasteiger partial charge in [-0.1, -0.05) is 13.8 Å². The van der Waals surface area contributed by atoms with Crippen molar-refractivity contribution in [3.8, 4) is 0 Å². The van der Waals surface area contributed by atoms with E-state index in [-0.39, 0.29) is 5.57 Å². The highest BCUT2D eigenvalue weighted by molar-refractivity contribution is 5.95. The number of carboxylic acid groups (broad SMARTS) is 1. The van der Waals surface area contributed by atoms with E-state index in [2.05, 4.69) is 18.7 Å². The van der Waals surface area contributed by atoms with Crippen molar-refractivity contribution in [1.82, 2.24) is 4.90 Å². The number of morpholine rings is 1. The summed E-state index contributed by atoms with van der Waals surface area (Å²) in [5.41, 5.74) is 0.246. The summed E-state index contributed by atoms with van der Waals surface area (Å²) in [6.45, 7) is 8.64. The van der Waals surface area contributed by atoms with Crippen LogP contribution < -0.4 is 0 Å². The van der Waals surface area contributed by atoms with Gasteiger partial charge in [0, 0.05) is 24.7 Å². The number of carboxylic acids is 1. The van der Waals surface area contributed by atoms with Crippen LogP contribution >= 0.6 is 0 Å². The molecule has 6 nitrogen and oxygen atoms in total. The van der Waals surface area contributed by atoms with Crippen molar-refractivity contribution in [3.05, 3.63) is 11.6 Å². The fraction of sp³-hybridized carbons (Fsp3) is 0.765. The highest BCUT2D eigenvalue weighted by Crippen LogP contribution is 2.11. The predicted molar refractivity (Wildman–Crippen MR) is 87.2 cm³/mol. The molecule has 1 aliphatic heterocycles. The van der Waals surface area contributed by atoms with E-state index in [4.69, 9.17) is 14.6 Å². The van der Waals surface area contributed by atoms with Gasteiger partial charge in [-0.05, 0) is 38.1 Å². The van der Waals surface area contributed by atoms with Gasteiger partial charge in [-0.15, -0.1) is 0 Å². The summed E-state index contributed by atoms with van der Waals surface area (Å²) in [5.74, 6) is -1.04. The van der Waals surface area contributed by atoms with Gasteiger partial charge >= 0.3 is 11.9 Å². The second-order valence-electron chi connectivity index (χ2n) is 6.24. The number of hydrogen-bond donors (Lipinski definition) is 1. The second-order valence-corrected chi connectivity index (χ2v) is 6.24. The molecule has 132 valence electrons. The van der Waals surface area contributed by atoms with Gasteiger partial charge in [0.25, 0.3) is 0 Å². The Morgan fingerprint density at radius 3 is 2.57 bits per heavy atom. The molecule has 23 heavy (non-hydrogen) atoms. The monoisotopic (exact) mass is 327 g/mol. The maximum absolute atomic E-state index is 12.0. The third kappa shape index (κ3) is 9.36. The van der Waals surface area contributed by atoms with Crippen LogP contribution in [0.2, 0.25) is 0 Å². The standard InChI is InChI=1S/C17H29NO5/c1-14(2)5-4-10-23-17(21)15(13-16(19)20)6-3-7-18-8-11-22-12-9-18/h13-14H,3-12H2,1-2H3,(H,19,20)/b15-13+. The van der Waals surface area contributed by atoms with Crippen molar-refractivity contribution in [2.75, 3.05) is 39.5 Å². The molecule has 0 saturated carbocycles. The van der Waals surface area contributed by atoms with E-state index in [0.717, 1.165) is 58.2 Å². The molecule has 0 spiro atoms. The van der Waals surface area contributed by atoms with Crippen LogP contribution in [-0.4, -0.2) is 61.4 Å². The lowest BCUT2D eigenvalue weighted by atomic mass is 10.1. The van der Waals surface area contributed by atoms with Gasteiger partial charge in [0.05, 0.1) is 19.8 Å². The summed E-state index contributed by atoms with van der Waals surface area (Å²) in [6.07, 6.45) is 3.93. The number of rotatable bonds is 10. The largest absolute Gasteiger partial charge is 0.478 e. The highest BCUT2D eigenvalue weighted by atomic mass is 16.5. The van der Waals surface area contributed by atoms with Gasteiger partial charge in [0.1, 0.15) is 0 Å². The number of nitrogens with zero attached hydrogens (tertiary/aromatic N) is 1. The van der Waals surface area contributed by atoms with Gasteiger partial charge in [-0.3, -0.25) is 4.90 Å². The average molecular weight is 327 g/mol. The van der Waals surface area contributed by atoms with Gasteiger partial charge < -0.3 is 14.6 Å². The molecular formula is C17H29NO5. The number of hydrogen-bond acceptors (Lipinski definition) is 5. The zero-order valence-corrected chi connectivity index (χ0v) is 14.3. The van der Waals surface area contributed by atoms with Crippen LogP contribution in [0.15, 0.2) is 11.6 Å². The zero-order valence-electron chi connectivity index (χ0n) is 14.3. The minimum Gasteiger partial charge on any atom is -0.478 e. The lowest BCUT2D eigenvalue weighted by Crippen LogP contribution is -2.36. The smallest absolute Gasteiger partial charge is 0.334 e. The summed E-state index contributed by atoms with van der Waals surface area (Å²) in [4.78, 5) is 25.2. The van der Waals surface area contributed by atoms with E-state index in [1.807, 2.05) is 0 Å². The van der Waals surface area contributed by atoms with Crippen molar-refractivity contribution in [2.24, 2.45) is 5.92 Å². The minimum atomic E-state index is -1.11. The fourth-order valence-corrected chi connectivity index (χ4v) is 2.45. The van der Waals surface area contributed by atoms with Crippen LogP contribution in [0.5, 0.6) is 0 Å². The molecule has 1 saturated heterocycles. The van der Waals surface area contributed by atoms with Crippen LogP contribution in [0.25, 0.3) is 0 Å². The van der Waals surface area contributed by atoms with Crippen molar-refractivity contribution in [3.63, 3.8) is 0 Å². The topological polar surface area (TPSA) is 76.1 Å². The Morgan fingerprint density at radius 2 is 1.96 bits per heavy atom. The maximum atomic E-state index is 12.0. The van der Waals surface area contributed by atoms with Crippen LogP contribution in [0, 0.1) is 5.92 Å². The summed E-state index contributed by atoms with van der Waals surface area (Å²) >= 11 is 0. The number of carbonyl (C=O) groups excluding carboxylic acids is 1. The Bertz CT molecular complexity index is 400. The number of esters is 1. The average Bonchev–Trinajstić information content (AvgIpc) is 2.51. The molecule has 0 aromatic heterocycles. The first kappa shape index (κ1) is 19.6. The Kier molecular flexibility index (Phi) is 9.55. The Morgan fingerprint density at radius 1 is 1.26 bits per heavy atom. The number of ether oxygens (including phenoxy) is 2. The van der Waals surface area contributed by atoms with Gasteiger partial charge in [0.2, 0.25) is 0 Å². The van der Waals surface area contributed by atoms with Gasteiger partial charge in [-0.2, -0.15) is 0 Å². The van der Waals surface area contributed by atoms with E-state index in [9.17, 15) is 9.59 Å². The second kappa shape index (κ2) is 11.2. The molecule has 1 fully saturated rings. The summed E-state index contributed by atoms with van der Waals surface area (Å²) < 4.78 is 10.5. The normalized spacial score (nSPS) is 16.6. The maximum Gasteiger partial charge on any atom is 0.334 e. The van der Waals surface area contributed by atoms with E-state index in [1.165, 1.54) is 0 Å². The molecular weight excluding hydrogens is 298 g/mol. The molecule has 0 radical (unpaired) electrons. The van der Waals surface area contributed by atoms with Gasteiger partial charge in [0.15, 0.2) is 0 Å². The molecule has 0 aliphatic carbocycles. The first-order chi connectivity index (χ1) is 11.0. The first-order valence-electron chi connectivity index (χ1n) is 8.39. The van der Waals surface area contributed by atoms with Crippen molar-refractivity contribution >= 4 is 11.9 Å². The molecule has 0 bridgehead atoms. The van der Waals surface area contributed by atoms with E-state index < -0.39 is 11.9 Å². The molecule has 0 aromatic rings. The number of carbonyl (C=O) groups is 2. The van der Waals surface area contributed by atoms with E-state index in [1.54, 1.807) is 0 Å². The Balaban J connectivity index is 2.35. The third-order valence-corrected chi connectivity index (χ3v) is 3.74. The molecule has 1 rings (SSSR count).